The lowest BCUT2D eigenvalue weighted by molar-refractivity contribution is -0.291. The van der Waals surface area contributed by atoms with Gasteiger partial charge in [0.25, 0.3) is 0 Å². The van der Waals surface area contributed by atoms with E-state index in [9.17, 15) is 24.0 Å². The molecule has 0 unspecified atom stereocenters. The van der Waals surface area contributed by atoms with Crippen molar-refractivity contribution < 1.29 is 66.6 Å². The second-order valence-corrected chi connectivity index (χ2v) is 8.12. The van der Waals surface area contributed by atoms with Gasteiger partial charge >= 0.3 is 30.0 Å². The van der Waals surface area contributed by atoms with E-state index in [-0.39, 0.29) is 33.0 Å². The molecule has 0 spiro atoms. The molecule has 15 heteroatoms. The molecular weight excluding hydrogens is 526 g/mol. The first-order valence-electron chi connectivity index (χ1n) is 12.1. The van der Waals surface area contributed by atoms with Crippen LogP contribution >= 0.6 is 0 Å². The van der Waals surface area contributed by atoms with Crippen LogP contribution in [0, 0.1) is 0 Å². The van der Waals surface area contributed by atoms with E-state index in [4.69, 9.17) is 42.6 Å². The summed E-state index contributed by atoms with van der Waals surface area (Å²) >= 11 is 0. The lowest BCUT2D eigenvalue weighted by Crippen LogP contribution is -2.60. The molecule has 6 atom stereocenters. The standard InChI is InChI=1S/C24H37NO14/c1-7-8-34-24(30)25-19(22(29)33-12-11-32-10-9-31-6)14(2)36-23-21(39-17(5)28)20(38-16(4)27)18(13-35-23)37-15(3)26/h7,14,18-21,23H,1,8-13H2,2-6H3,(H,25,30)/t14-,18-,19+,20+,21-,23+/m1/s1. The molecule has 1 aliphatic rings. The van der Waals surface area contributed by atoms with Gasteiger partial charge in [0.1, 0.15) is 13.2 Å². The predicted molar refractivity (Wildman–Crippen MR) is 129 cm³/mol. The summed E-state index contributed by atoms with van der Waals surface area (Å²) < 4.78 is 47.4. The van der Waals surface area contributed by atoms with Crippen molar-refractivity contribution in [3.63, 3.8) is 0 Å². The van der Waals surface area contributed by atoms with Crippen molar-refractivity contribution in [1.29, 1.82) is 0 Å². The molecule has 0 aliphatic carbocycles. The summed E-state index contributed by atoms with van der Waals surface area (Å²) in [6.45, 7) is 8.39. The second kappa shape index (κ2) is 18.1. The third-order valence-electron chi connectivity index (χ3n) is 4.89. The molecule has 39 heavy (non-hydrogen) atoms. The van der Waals surface area contributed by atoms with E-state index < -0.39 is 66.7 Å². The van der Waals surface area contributed by atoms with E-state index in [0.717, 1.165) is 20.8 Å². The summed E-state index contributed by atoms with van der Waals surface area (Å²) in [6, 6.07) is -1.42. The number of carbonyl (C=O) groups is 5. The fourth-order valence-corrected chi connectivity index (χ4v) is 3.32. The SMILES string of the molecule is C=CCOC(=O)N[C@H](C(=O)OCCOCCOC)[C@@H](C)O[C@@H]1OC[C@@H](OC(C)=O)[C@H](OC(C)=O)[C@H]1OC(C)=O. The van der Waals surface area contributed by atoms with Crippen molar-refractivity contribution in [2.75, 3.05) is 46.8 Å². The summed E-state index contributed by atoms with van der Waals surface area (Å²) in [5, 5.41) is 2.35. The minimum Gasteiger partial charge on any atom is -0.462 e. The largest absolute Gasteiger partial charge is 0.462 e. The van der Waals surface area contributed by atoms with Gasteiger partial charge in [0, 0.05) is 27.9 Å². The van der Waals surface area contributed by atoms with Gasteiger partial charge in [-0.15, -0.1) is 0 Å². The minimum atomic E-state index is -1.42. The lowest BCUT2D eigenvalue weighted by atomic mass is 10.0. The van der Waals surface area contributed by atoms with Crippen molar-refractivity contribution in [3.05, 3.63) is 12.7 Å². The van der Waals surface area contributed by atoms with Crippen molar-refractivity contribution in [1.82, 2.24) is 5.32 Å². The van der Waals surface area contributed by atoms with E-state index in [1.165, 1.54) is 20.1 Å². The van der Waals surface area contributed by atoms with Crippen LogP contribution in [0.5, 0.6) is 0 Å². The second-order valence-electron chi connectivity index (χ2n) is 8.12. The average Bonchev–Trinajstić information content (AvgIpc) is 2.85. The Labute approximate surface area is 226 Å². The molecule has 1 aliphatic heterocycles. The topological polar surface area (TPSA) is 180 Å². The first-order chi connectivity index (χ1) is 18.5. The number of methoxy groups -OCH3 is 1. The van der Waals surface area contributed by atoms with E-state index in [0.29, 0.717) is 6.61 Å². The summed E-state index contributed by atoms with van der Waals surface area (Å²) in [5.41, 5.74) is 0. The number of alkyl carbamates (subject to hydrolysis) is 1. The van der Waals surface area contributed by atoms with Crippen LogP contribution in [0.1, 0.15) is 27.7 Å². The first-order valence-corrected chi connectivity index (χ1v) is 12.1. The molecule has 1 rings (SSSR count). The molecule has 0 aromatic heterocycles. The van der Waals surface area contributed by atoms with Crippen molar-refractivity contribution in [2.45, 2.75) is 64.4 Å². The minimum absolute atomic E-state index is 0.0693. The van der Waals surface area contributed by atoms with Gasteiger partial charge in [-0.2, -0.15) is 0 Å². The van der Waals surface area contributed by atoms with Crippen molar-refractivity contribution in [2.24, 2.45) is 0 Å². The molecular formula is C24H37NO14. The molecule has 0 aromatic carbocycles. The number of amides is 1. The molecule has 1 heterocycles. The summed E-state index contributed by atoms with van der Waals surface area (Å²) in [6.07, 6.45) is -5.99. The number of hydrogen-bond donors (Lipinski definition) is 1. The van der Waals surface area contributed by atoms with Gasteiger partial charge in [0.2, 0.25) is 0 Å². The number of rotatable bonds is 16. The van der Waals surface area contributed by atoms with Crippen LogP contribution in [0.2, 0.25) is 0 Å². The number of nitrogens with one attached hydrogen (secondary N) is 1. The summed E-state index contributed by atoms with van der Waals surface area (Å²) in [7, 11) is 1.51. The molecule has 1 N–H and O–H groups in total. The Morgan fingerprint density at radius 1 is 0.923 bits per heavy atom. The molecule has 1 saturated heterocycles. The highest BCUT2D eigenvalue weighted by Gasteiger charge is 2.48. The molecule has 0 bridgehead atoms. The van der Waals surface area contributed by atoms with Crippen molar-refractivity contribution >= 4 is 30.0 Å². The van der Waals surface area contributed by atoms with Crippen LogP contribution < -0.4 is 5.32 Å². The molecule has 0 saturated carbocycles. The predicted octanol–water partition coefficient (Wildman–Crippen LogP) is 0.0299. The summed E-state index contributed by atoms with van der Waals surface area (Å²) in [4.78, 5) is 60.2. The zero-order valence-corrected chi connectivity index (χ0v) is 22.7. The maximum Gasteiger partial charge on any atom is 0.408 e. The highest BCUT2D eigenvalue weighted by molar-refractivity contribution is 5.82. The fourth-order valence-electron chi connectivity index (χ4n) is 3.32. The summed E-state index contributed by atoms with van der Waals surface area (Å²) in [5.74, 6) is -3.10. The van der Waals surface area contributed by atoms with E-state index >= 15 is 0 Å². The van der Waals surface area contributed by atoms with Gasteiger partial charge in [-0.1, -0.05) is 12.7 Å². The Bertz CT molecular complexity index is 834. The quantitative estimate of drug-likeness (QED) is 0.115. The molecule has 0 aromatic rings. The zero-order chi connectivity index (χ0) is 29.4. The van der Waals surface area contributed by atoms with Gasteiger partial charge < -0.3 is 47.9 Å². The molecule has 1 amide bonds. The van der Waals surface area contributed by atoms with Gasteiger partial charge in [0.15, 0.2) is 30.6 Å². The van der Waals surface area contributed by atoms with E-state index in [1.807, 2.05) is 0 Å². The molecule has 15 nitrogen and oxygen atoms in total. The van der Waals surface area contributed by atoms with Crippen LogP contribution in [0.25, 0.3) is 0 Å². The maximum absolute atomic E-state index is 12.8. The number of ether oxygens (including phenoxy) is 9. The Morgan fingerprint density at radius 2 is 1.54 bits per heavy atom. The van der Waals surface area contributed by atoms with Gasteiger partial charge in [-0.25, -0.2) is 9.59 Å². The van der Waals surface area contributed by atoms with Crippen LogP contribution in [0.15, 0.2) is 12.7 Å². The number of hydrogen-bond acceptors (Lipinski definition) is 14. The smallest absolute Gasteiger partial charge is 0.408 e. The average molecular weight is 564 g/mol. The highest BCUT2D eigenvalue weighted by atomic mass is 16.7. The highest BCUT2D eigenvalue weighted by Crippen LogP contribution is 2.26. The Kier molecular flexibility index (Phi) is 15.7. The number of esters is 4. The van der Waals surface area contributed by atoms with E-state index in [2.05, 4.69) is 11.9 Å². The van der Waals surface area contributed by atoms with Gasteiger partial charge in [-0.05, 0) is 6.92 Å². The van der Waals surface area contributed by atoms with Crippen molar-refractivity contribution in [3.8, 4) is 0 Å². The number of carbonyl (C=O) groups excluding carboxylic acids is 5. The third kappa shape index (κ3) is 12.9. The Balaban J connectivity index is 3.07. The van der Waals surface area contributed by atoms with Crippen LogP contribution in [0.4, 0.5) is 4.79 Å². The van der Waals surface area contributed by atoms with Gasteiger partial charge in [-0.3, -0.25) is 14.4 Å². The van der Waals surface area contributed by atoms with Crippen LogP contribution in [-0.2, 0) is 61.8 Å². The monoisotopic (exact) mass is 563 g/mol. The Hall–Kier alpha value is -3.27. The first kappa shape index (κ1) is 33.8. The normalized spacial score (nSPS) is 22.0. The third-order valence-corrected chi connectivity index (χ3v) is 4.89. The molecule has 1 fully saturated rings. The zero-order valence-electron chi connectivity index (χ0n) is 22.7. The van der Waals surface area contributed by atoms with E-state index in [1.54, 1.807) is 0 Å². The Morgan fingerprint density at radius 3 is 2.13 bits per heavy atom. The van der Waals surface area contributed by atoms with Gasteiger partial charge in [0.05, 0.1) is 32.5 Å². The molecule has 222 valence electrons. The van der Waals surface area contributed by atoms with Crippen LogP contribution in [0.3, 0.4) is 0 Å². The maximum atomic E-state index is 12.8. The van der Waals surface area contributed by atoms with Crippen LogP contribution in [-0.4, -0.2) is 113 Å². The fraction of sp³-hybridized carbons (Fsp3) is 0.708. The lowest BCUT2D eigenvalue weighted by Gasteiger charge is -2.41. The molecule has 0 radical (unpaired) electrons.